The van der Waals surface area contributed by atoms with Crippen LogP contribution in [0.4, 0.5) is 0 Å². The Hall–Kier alpha value is -2.63. The summed E-state index contributed by atoms with van der Waals surface area (Å²) in [6.07, 6.45) is 2.06. The molecular weight excluding hydrogens is 392 g/mol. The van der Waals surface area contributed by atoms with E-state index in [0.717, 1.165) is 55.5 Å². The van der Waals surface area contributed by atoms with Gasteiger partial charge in [0.25, 0.3) is 0 Å². The van der Waals surface area contributed by atoms with Crippen molar-refractivity contribution in [3.63, 3.8) is 0 Å². The maximum Gasteiger partial charge on any atom is 0.231 e. The summed E-state index contributed by atoms with van der Waals surface area (Å²) in [6.45, 7) is 3.25. The largest absolute Gasteiger partial charge is 0.454 e. The molecule has 0 saturated heterocycles. The van der Waals surface area contributed by atoms with Crippen LogP contribution in [-0.4, -0.2) is 16.3 Å². The zero-order valence-corrected chi connectivity index (χ0v) is 16.8. The fourth-order valence-corrected chi connectivity index (χ4v) is 4.51. The Morgan fingerprint density at radius 1 is 1.07 bits per heavy atom. The van der Waals surface area contributed by atoms with Crippen LogP contribution >= 0.6 is 23.4 Å². The van der Waals surface area contributed by atoms with Crippen molar-refractivity contribution in [3.8, 4) is 34.1 Å². The standard InChI is InChI=1S/C22H17ClN2O2S/c1-2-25-11-3-4-17-21(28-16-8-6-15(23)7-9-16)20(24-22(17)25)14-5-10-18-19(12-14)27-13-26-18/h3-12H,2,13H2,1H3. The highest BCUT2D eigenvalue weighted by Crippen LogP contribution is 2.46. The first-order valence-corrected chi connectivity index (χ1v) is 10.2. The zero-order valence-electron chi connectivity index (χ0n) is 15.2. The molecule has 5 rings (SSSR count). The Morgan fingerprint density at radius 3 is 2.71 bits per heavy atom. The minimum absolute atomic E-state index is 0.261. The average molecular weight is 409 g/mol. The van der Waals surface area contributed by atoms with Crippen LogP contribution in [0.25, 0.3) is 22.6 Å². The van der Waals surface area contributed by atoms with E-state index in [2.05, 4.69) is 29.8 Å². The van der Waals surface area contributed by atoms with Gasteiger partial charge in [0.2, 0.25) is 6.79 Å². The Kier molecular flexibility index (Phi) is 4.41. The third-order valence-corrected chi connectivity index (χ3v) is 6.12. The number of benzene rings is 2. The molecule has 3 heterocycles. The molecule has 2 aromatic carbocycles. The number of pyridine rings is 1. The Morgan fingerprint density at radius 2 is 1.89 bits per heavy atom. The molecule has 6 heteroatoms. The quantitative estimate of drug-likeness (QED) is 0.402. The maximum atomic E-state index is 6.06. The summed E-state index contributed by atoms with van der Waals surface area (Å²) in [5, 5.41) is 0.731. The van der Waals surface area contributed by atoms with Gasteiger partial charge in [-0.25, -0.2) is 4.98 Å². The van der Waals surface area contributed by atoms with Crippen molar-refractivity contribution in [2.75, 3.05) is 6.79 Å². The van der Waals surface area contributed by atoms with E-state index in [1.165, 1.54) is 0 Å². The fourth-order valence-electron chi connectivity index (χ4n) is 3.35. The molecule has 0 radical (unpaired) electrons. The van der Waals surface area contributed by atoms with E-state index < -0.39 is 0 Å². The molecule has 0 spiro atoms. The van der Waals surface area contributed by atoms with E-state index in [1.807, 2.05) is 42.5 Å². The van der Waals surface area contributed by atoms with Crippen LogP contribution in [0.3, 0.4) is 0 Å². The summed E-state index contributed by atoms with van der Waals surface area (Å²) in [6, 6.07) is 18.1. The molecule has 0 aliphatic carbocycles. The van der Waals surface area contributed by atoms with Gasteiger partial charge in [-0.1, -0.05) is 23.4 Å². The van der Waals surface area contributed by atoms with Gasteiger partial charge < -0.3 is 14.0 Å². The Bertz CT molecular complexity index is 1120. The van der Waals surface area contributed by atoms with Crippen molar-refractivity contribution in [1.29, 1.82) is 0 Å². The molecule has 140 valence electrons. The van der Waals surface area contributed by atoms with E-state index in [4.69, 9.17) is 26.1 Å². The van der Waals surface area contributed by atoms with Gasteiger partial charge in [0.05, 0.1) is 5.69 Å². The molecule has 0 amide bonds. The lowest BCUT2D eigenvalue weighted by Gasteiger charge is -2.09. The summed E-state index contributed by atoms with van der Waals surface area (Å²) in [7, 11) is 0. The predicted octanol–water partition coefficient (Wildman–Crippen LogP) is 6.21. The van der Waals surface area contributed by atoms with Crippen molar-refractivity contribution in [2.24, 2.45) is 0 Å². The van der Waals surface area contributed by atoms with Gasteiger partial charge in [0.15, 0.2) is 11.5 Å². The van der Waals surface area contributed by atoms with Crippen molar-refractivity contribution in [1.82, 2.24) is 9.55 Å². The van der Waals surface area contributed by atoms with Crippen molar-refractivity contribution >= 4 is 23.4 Å². The van der Waals surface area contributed by atoms with Crippen LogP contribution in [0.15, 0.2) is 70.6 Å². The van der Waals surface area contributed by atoms with Crippen molar-refractivity contribution in [2.45, 2.75) is 23.3 Å². The van der Waals surface area contributed by atoms with Gasteiger partial charge in [0, 0.05) is 38.7 Å². The lowest BCUT2D eigenvalue weighted by molar-refractivity contribution is 0.174. The van der Waals surface area contributed by atoms with Crippen LogP contribution in [-0.2, 0) is 6.54 Å². The molecule has 0 atom stereocenters. The van der Waals surface area contributed by atoms with Crippen LogP contribution in [0.5, 0.6) is 11.5 Å². The molecule has 4 nitrogen and oxygen atoms in total. The van der Waals surface area contributed by atoms with E-state index in [0.29, 0.717) is 0 Å². The first kappa shape index (κ1) is 17.5. The number of fused-ring (bicyclic) bond motifs is 2. The lowest BCUT2D eigenvalue weighted by atomic mass is 10.1. The Balaban J connectivity index is 1.67. The Labute approximate surface area is 172 Å². The highest BCUT2D eigenvalue weighted by atomic mass is 35.5. The molecule has 3 aliphatic rings. The molecule has 0 N–H and O–H groups in total. The van der Waals surface area contributed by atoms with Crippen LogP contribution < -0.4 is 9.47 Å². The van der Waals surface area contributed by atoms with Gasteiger partial charge >= 0.3 is 0 Å². The summed E-state index contributed by atoms with van der Waals surface area (Å²) in [5.41, 5.74) is 3.10. The SMILES string of the molecule is CCn1cccc2c(Sc3ccc(Cl)cc3)c(-c3ccc4c(c3)OCO4)nc1-2. The molecular formula is C22H17ClN2O2S. The zero-order chi connectivity index (χ0) is 19.1. The topological polar surface area (TPSA) is 36.3 Å². The highest BCUT2D eigenvalue weighted by Gasteiger charge is 2.24. The number of ether oxygens (including phenoxy) is 2. The summed E-state index contributed by atoms with van der Waals surface area (Å²) in [4.78, 5) is 7.25. The second-order valence-electron chi connectivity index (χ2n) is 6.45. The van der Waals surface area contributed by atoms with Gasteiger partial charge in [-0.15, -0.1) is 0 Å². The predicted molar refractivity (Wildman–Crippen MR) is 112 cm³/mol. The molecule has 0 bridgehead atoms. The molecule has 3 aliphatic heterocycles. The van der Waals surface area contributed by atoms with Gasteiger partial charge in [-0.3, -0.25) is 0 Å². The third-order valence-electron chi connectivity index (χ3n) is 4.74. The highest BCUT2D eigenvalue weighted by molar-refractivity contribution is 7.99. The first-order valence-electron chi connectivity index (χ1n) is 9.05. The van der Waals surface area contributed by atoms with Crippen molar-refractivity contribution in [3.05, 3.63) is 65.8 Å². The summed E-state index contributed by atoms with van der Waals surface area (Å²) >= 11 is 7.76. The van der Waals surface area contributed by atoms with Crippen LogP contribution in [0.2, 0.25) is 5.02 Å². The normalized spacial score (nSPS) is 12.6. The minimum atomic E-state index is 0.261. The number of aromatic nitrogens is 2. The van der Waals surface area contributed by atoms with E-state index >= 15 is 0 Å². The van der Waals surface area contributed by atoms with E-state index in [-0.39, 0.29) is 6.79 Å². The molecule has 0 aromatic heterocycles. The first-order chi connectivity index (χ1) is 13.7. The summed E-state index contributed by atoms with van der Waals surface area (Å²) in [5.74, 6) is 2.51. The van der Waals surface area contributed by atoms with E-state index in [9.17, 15) is 0 Å². The monoisotopic (exact) mass is 408 g/mol. The number of nitrogens with zero attached hydrogens (tertiary/aromatic N) is 2. The van der Waals surface area contributed by atoms with Crippen molar-refractivity contribution < 1.29 is 9.47 Å². The second-order valence-corrected chi connectivity index (χ2v) is 7.97. The smallest absolute Gasteiger partial charge is 0.231 e. The van der Waals surface area contributed by atoms with Crippen LogP contribution in [0.1, 0.15) is 6.92 Å². The molecule has 28 heavy (non-hydrogen) atoms. The lowest BCUT2D eigenvalue weighted by Crippen LogP contribution is -2.00. The number of aryl methyl sites for hydroxylation is 1. The van der Waals surface area contributed by atoms with Gasteiger partial charge in [0.1, 0.15) is 5.82 Å². The maximum absolute atomic E-state index is 6.06. The number of hydrogen-bond acceptors (Lipinski definition) is 4. The van der Waals surface area contributed by atoms with Gasteiger partial charge in [-0.2, -0.15) is 0 Å². The number of hydrogen-bond donors (Lipinski definition) is 0. The molecule has 2 aromatic rings. The third kappa shape index (κ3) is 3.01. The summed E-state index contributed by atoms with van der Waals surface area (Å²) < 4.78 is 13.2. The average Bonchev–Trinajstić information content (AvgIpc) is 3.33. The van der Waals surface area contributed by atoms with E-state index in [1.54, 1.807) is 11.8 Å². The van der Waals surface area contributed by atoms with Crippen LogP contribution in [0, 0.1) is 0 Å². The second kappa shape index (κ2) is 7.08. The van der Waals surface area contributed by atoms with Gasteiger partial charge in [-0.05, 0) is 61.5 Å². The fraction of sp³-hybridized carbons (Fsp3) is 0.136. The number of halogens is 1. The number of rotatable bonds is 4. The molecule has 0 fully saturated rings. The molecule has 0 unspecified atom stereocenters. The molecule has 0 saturated carbocycles. The minimum Gasteiger partial charge on any atom is -0.454 e.